The Balaban J connectivity index is 2.71. The Labute approximate surface area is 107 Å². The van der Waals surface area contributed by atoms with E-state index in [1.807, 2.05) is 24.3 Å². The number of carbonyl (C=O) groups excluding carboxylic acids is 1. The minimum absolute atomic E-state index is 0.0173. The first-order valence-corrected chi connectivity index (χ1v) is 6.13. The Hall–Kier alpha value is -1.06. The van der Waals surface area contributed by atoms with Crippen molar-refractivity contribution in [2.45, 2.75) is 20.4 Å². The Bertz CT molecular complexity index is 379. The number of hydrogen-bond acceptors (Lipinski definition) is 2. The van der Waals surface area contributed by atoms with Crippen LogP contribution in [-0.2, 0) is 11.3 Å². The highest BCUT2D eigenvalue weighted by atomic mass is 35.5. The highest BCUT2D eigenvalue weighted by Crippen LogP contribution is 2.13. The van der Waals surface area contributed by atoms with Crippen molar-refractivity contribution in [3.05, 3.63) is 34.9 Å². The number of carboxylic acid groups (broad SMARTS) is 1. The lowest BCUT2D eigenvalue weighted by molar-refractivity contribution is -0.911. The van der Waals surface area contributed by atoms with E-state index in [4.69, 9.17) is 11.6 Å². The SMILES string of the molecule is CC(C)C[NH+](CC(=O)[O-])Cc1ccccc1Cl. The van der Waals surface area contributed by atoms with Gasteiger partial charge >= 0.3 is 0 Å². The molecule has 0 saturated carbocycles. The number of hydrogen-bond donors (Lipinski definition) is 1. The molecule has 1 unspecified atom stereocenters. The zero-order valence-electron chi connectivity index (χ0n) is 10.2. The van der Waals surface area contributed by atoms with Crippen LogP contribution in [0.2, 0.25) is 5.02 Å². The molecule has 4 heteroatoms. The maximum atomic E-state index is 10.7. The summed E-state index contributed by atoms with van der Waals surface area (Å²) in [5.41, 5.74) is 0.978. The van der Waals surface area contributed by atoms with Gasteiger partial charge in [0.25, 0.3) is 0 Å². The molecular weight excluding hydrogens is 238 g/mol. The standard InChI is InChI=1S/C13H18ClNO2/c1-10(2)7-15(9-13(16)17)8-11-5-3-4-6-12(11)14/h3-6,10H,7-9H2,1-2H3,(H,16,17). The average Bonchev–Trinajstić information content (AvgIpc) is 2.19. The summed E-state index contributed by atoms with van der Waals surface area (Å²) in [5.74, 6) is -0.584. The summed E-state index contributed by atoms with van der Waals surface area (Å²) in [6.45, 7) is 5.57. The molecule has 1 N–H and O–H groups in total. The predicted octanol–water partition coefficient (Wildman–Crippen LogP) is 0.131. The van der Waals surface area contributed by atoms with E-state index in [1.165, 1.54) is 0 Å². The van der Waals surface area contributed by atoms with Crippen molar-refractivity contribution < 1.29 is 14.8 Å². The maximum absolute atomic E-state index is 10.7. The van der Waals surface area contributed by atoms with Crippen LogP contribution < -0.4 is 10.0 Å². The summed E-state index contributed by atoms with van der Waals surface area (Å²) in [6.07, 6.45) is 0. The lowest BCUT2D eigenvalue weighted by Gasteiger charge is -2.22. The third kappa shape index (κ3) is 5.20. The number of aliphatic carboxylic acids is 1. The Morgan fingerprint density at radius 3 is 2.59 bits per heavy atom. The molecule has 17 heavy (non-hydrogen) atoms. The van der Waals surface area contributed by atoms with Gasteiger partial charge in [-0.15, -0.1) is 0 Å². The van der Waals surface area contributed by atoms with Crippen LogP contribution in [0.1, 0.15) is 19.4 Å². The van der Waals surface area contributed by atoms with Crippen LogP contribution in [0.3, 0.4) is 0 Å². The van der Waals surface area contributed by atoms with E-state index >= 15 is 0 Å². The number of nitrogens with one attached hydrogen (secondary N) is 1. The molecular formula is C13H18ClNO2. The van der Waals surface area contributed by atoms with Gasteiger partial charge in [-0.1, -0.05) is 43.6 Å². The van der Waals surface area contributed by atoms with Crippen molar-refractivity contribution in [3.8, 4) is 0 Å². The third-order valence-electron chi connectivity index (χ3n) is 2.49. The fraction of sp³-hybridized carbons (Fsp3) is 0.462. The zero-order valence-corrected chi connectivity index (χ0v) is 11.0. The first-order valence-electron chi connectivity index (χ1n) is 5.76. The van der Waals surface area contributed by atoms with Crippen LogP contribution in [-0.4, -0.2) is 19.1 Å². The summed E-state index contributed by atoms with van der Waals surface area (Å²) in [6, 6.07) is 7.53. The van der Waals surface area contributed by atoms with Gasteiger partial charge in [0, 0.05) is 16.5 Å². The molecule has 1 aromatic rings. The van der Waals surface area contributed by atoms with Gasteiger partial charge in [0.2, 0.25) is 0 Å². The van der Waals surface area contributed by atoms with E-state index in [-0.39, 0.29) is 6.54 Å². The van der Waals surface area contributed by atoms with Gasteiger partial charge in [-0.2, -0.15) is 0 Å². The fourth-order valence-corrected chi connectivity index (χ4v) is 2.10. The molecule has 0 heterocycles. The molecule has 0 aromatic heterocycles. The van der Waals surface area contributed by atoms with E-state index in [0.29, 0.717) is 17.5 Å². The molecule has 1 rings (SSSR count). The summed E-state index contributed by atoms with van der Waals surface area (Å²) in [7, 11) is 0. The van der Waals surface area contributed by atoms with Crippen molar-refractivity contribution in [2.75, 3.05) is 13.1 Å². The highest BCUT2D eigenvalue weighted by molar-refractivity contribution is 6.31. The van der Waals surface area contributed by atoms with Crippen LogP contribution >= 0.6 is 11.6 Å². The van der Waals surface area contributed by atoms with Gasteiger partial charge in [-0.05, 0) is 6.07 Å². The number of rotatable bonds is 6. The molecule has 1 atom stereocenters. The molecule has 0 saturated heterocycles. The molecule has 0 aliphatic heterocycles. The normalized spacial score (nSPS) is 12.7. The van der Waals surface area contributed by atoms with Crippen molar-refractivity contribution in [3.63, 3.8) is 0 Å². The van der Waals surface area contributed by atoms with Crippen LogP contribution in [0.5, 0.6) is 0 Å². The Morgan fingerprint density at radius 2 is 2.06 bits per heavy atom. The smallest absolute Gasteiger partial charge is 0.118 e. The van der Waals surface area contributed by atoms with Crippen LogP contribution in [0.25, 0.3) is 0 Å². The Kier molecular flexibility index (Phi) is 5.45. The number of halogens is 1. The largest absolute Gasteiger partial charge is 0.544 e. The molecule has 0 aliphatic carbocycles. The summed E-state index contributed by atoms with van der Waals surface area (Å²) in [5, 5.41) is 11.4. The Morgan fingerprint density at radius 1 is 1.41 bits per heavy atom. The van der Waals surface area contributed by atoms with Gasteiger partial charge in [-0.3, -0.25) is 0 Å². The number of carbonyl (C=O) groups is 1. The van der Waals surface area contributed by atoms with E-state index in [2.05, 4.69) is 13.8 Å². The highest BCUT2D eigenvalue weighted by Gasteiger charge is 2.13. The molecule has 94 valence electrons. The molecule has 0 aliphatic rings. The second-order valence-corrected chi connectivity index (χ2v) is 5.07. The number of benzene rings is 1. The van der Waals surface area contributed by atoms with Crippen LogP contribution in [0.15, 0.2) is 24.3 Å². The molecule has 0 fully saturated rings. The van der Waals surface area contributed by atoms with Gasteiger partial charge in [0.15, 0.2) is 0 Å². The molecule has 1 aromatic carbocycles. The lowest BCUT2D eigenvalue weighted by atomic mass is 10.1. The monoisotopic (exact) mass is 255 g/mol. The predicted molar refractivity (Wildman–Crippen MR) is 65.7 cm³/mol. The molecule has 0 amide bonds. The fourth-order valence-electron chi connectivity index (χ4n) is 1.90. The summed E-state index contributed by atoms with van der Waals surface area (Å²) >= 11 is 6.07. The minimum Gasteiger partial charge on any atom is -0.544 e. The lowest BCUT2D eigenvalue weighted by Crippen LogP contribution is -3.12. The van der Waals surface area contributed by atoms with Crippen molar-refractivity contribution in [2.24, 2.45) is 5.92 Å². The topological polar surface area (TPSA) is 44.6 Å². The van der Waals surface area contributed by atoms with Crippen molar-refractivity contribution >= 4 is 17.6 Å². The van der Waals surface area contributed by atoms with Crippen molar-refractivity contribution in [1.82, 2.24) is 0 Å². The number of carboxylic acids is 1. The first-order chi connectivity index (χ1) is 7.99. The molecule has 0 bridgehead atoms. The first kappa shape index (κ1) is 14.0. The number of quaternary nitrogens is 1. The van der Waals surface area contributed by atoms with Gasteiger partial charge in [-0.25, -0.2) is 0 Å². The van der Waals surface area contributed by atoms with E-state index in [0.717, 1.165) is 17.0 Å². The molecule has 0 spiro atoms. The zero-order chi connectivity index (χ0) is 12.8. The third-order valence-corrected chi connectivity index (χ3v) is 2.86. The van der Waals surface area contributed by atoms with E-state index < -0.39 is 5.97 Å². The van der Waals surface area contributed by atoms with Crippen LogP contribution in [0, 0.1) is 5.92 Å². The van der Waals surface area contributed by atoms with Crippen LogP contribution in [0.4, 0.5) is 0 Å². The van der Waals surface area contributed by atoms with Gasteiger partial charge in [0.1, 0.15) is 13.1 Å². The van der Waals surface area contributed by atoms with E-state index in [9.17, 15) is 9.90 Å². The maximum Gasteiger partial charge on any atom is 0.118 e. The minimum atomic E-state index is -1.02. The quantitative estimate of drug-likeness (QED) is 0.786. The molecule has 3 nitrogen and oxygen atoms in total. The average molecular weight is 256 g/mol. The van der Waals surface area contributed by atoms with Gasteiger partial charge in [0.05, 0.1) is 12.5 Å². The van der Waals surface area contributed by atoms with E-state index in [1.54, 1.807) is 0 Å². The van der Waals surface area contributed by atoms with Crippen molar-refractivity contribution in [1.29, 1.82) is 0 Å². The second kappa shape index (κ2) is 6.62. The summed E-state index contributed by atoms with van der Waals surface area (Å²) < 4.78 is 0. The molecule has 0 radical (unpaired) electrons. The second-order valence-electron chi connectivity index (χ2n) is 4.66. The van der Waals surface area contributed by atoms with Gasteiger partial charge < -0.3 is 14.8 Å². The summed E-state index contributed by atoms with van der Waals surface area (Å²) in [4.78, 5) is 11.7.